The molecular formula is C30H38O14. The molecule has 2 aliphatic heterocycles. The maximum absolute atomic E-state index is 12.8. The third-order valence-electron chi connectivity index (χ3n) is 7.49. The van der Waals surface area contributed by atoms with Crippen molar-refractivity contribution in [2.75, 3.05) is 13.2 Å². The first-order valence-corrected chi connectivity index (χ1v) is 14.0. The molecule has 0 aliphatic carbocycles. The zero-order valence-corrected chi connectivity index (χ0v) is 24.0. The van der Waals surface area contributed by atoms with E-state index in [9.17, 15) is 45.6 Å². The van der Waals surface area contributed by atoms with E-state index < -0.39 is 79.7 Å². The van der Waals surface area contributed by atoms with Crippen LogP contribution in [0.15, 0.2) is 42.5 Å². The Hall–Kier alpha value is -3.31. The van der Waals surface area contributed by atoms with Crippen LogP contribution in [-0.4, -0.2) is 121 Å². The molecule has 2 fully saturated rings. The molecule has 2 heterocycles. The SMILES string of the molecule is Cc1cc(CCO[C@@H]2O[C@H](CO)[C@@H](OC(=O)/C=C/c3ccc(O)c(O)c3)[C@H](O[C@@H]3O[C@@H](C)[C@H](O)[C@@H](O)[C@H]3O)[C@H]2O)ccc1O. The number of aryl methyl sites for hydroxylation is 1. The molecule has 44 heavy (non-hydrogen) atoms. The fourth-order valence-electron chi connectivity index (χ4n) is 4.91. The molecule has 0 radical (unpaired) electrons. The Morgan fingerprint density at radius 1 is 0.864 bits per heavy atom. The summed E-state index contributed by atoms with van der Waals surface area (Å²) in [6.07, 6.45) is -12.1. The Bertz CT molecular complexity index is 1300. The molecule has 4 rings (SSSR count). The summed E-state index contributed by atoms with van der Waals surface area (Å²) in [5, 5.41) is 81.2. The molecule has 2 aromatic rings. The minimum absolute atomic E-state index is 0.0357. The molecule has 242 valence electrons. The second kappa shape index (κ2) is 14.6. The van der Waals surface area contributed by atoms with Crippen molar-refractivity contribution >= 4 is 12.0 Å². The molecule has 0 spiro atoms. The summed E-state index contributed by atoms with van der Waals surface area (Å²) in [4.78, 5) is 12.8. The fraction of sp³-hybridized carbons (Fsp3) is 0.500. The third-order valence-corrected chi connectivity index (χ3v) is 7.49. The number of carbonyl (C=O) groups excluding carboxylic acids is 1. The number of carbonyl (C=O) groups is 1. The van der Waals surface area contributed by atoms with Gasteiger partial charge in [-0.2, -0.15) is 0 Å². The molecule has 2 aliphatic rings. The van der Waals surface area contributed by atoms with Gasteiger partial charge in [0.05, 0.1) is 19.3 Å². The summed E-state index contributed by atoms with van der Waals surface area (Å²) in [5.41, 5.74) is 1.85. The Balaban J connectivity index is 1.52. The van der Waals surface area contributed by atoms with E-state index in [0.29, 0.717) is 17.5 Å². The maximum Gasteiger partial charge on any atom is 0.331 e. The van der Waals surface area contributed by atoms with Gasteiger partial charge in [-0.25, -0.2) is 4.79 Å². The van der Waals surface area contributed by atoms with E-state index in [1.165, 1.54) is 31.2 Å². The molecule has 14 heteroatoms. The van der Waals surface area contributed by atoms with Crippen LogP contribution in [0.5, 0.6) is 17.2 Å². The number of aliphatic hydroxyl groups is 5. The van der Waals surface area contributed by atoms with Crippen molar-refractivity contribution in [3.63, 3.8) is 0 Å². The molecule has 8 N–H and O–H groups in total. The van der Waals surface area contributed by atoms with Gasteiger partial charge < -0.3 is 64.5 Å². The first-order chi connectivity index (χ1) is 20.9. The van der Waals surface area contributed by atoms with Gasteiger partial charge in [0.2, 0.25) is 0 Å². The molecule has 2 aromatic carbocycles. The van der Waals surface area contributed by atoms with Gasteiger partial charge in [-0.3, -0.25) is 0 Å². The highest BCUT2D eigenvalue weighted by atomic mass is 16.7. The minimum atomic E-state index is -1.75. The highest BCUT2D eigenvalue weighted by Crippen LogP contribution is 2.32. The van der Waals surface area contributed by atoms with Gasteiger partial charge in [-0.05, 0) is 61.2 Å². The third kappa shape index (κ3) is 7.85. The van der Waals surface area contributed by atoms with E-state index in [0.717, 1.165) is 11.6 Å². The molecule has 0 amide bonds. The van der Waals surface area contributed by atoms with Gasteiger partial charge in [0.25, 0.3) is 0 Å². The van der Waals surface area contributed by atoms with Gasteiger partial charge in [0.1, 0.15) is 42.4 Å². The summed E-state index contributed by atoms with van der Waals surface area (Å²) in [7, 11) is 0. The Kier molecular flexibility index (Phi) is 11.2. The lowest BCUT2D eigenvalue weighted by Gasteiger charge is -2.46. The topological polar surface area (TPSA) is 225 Å². The zero-order valence-electron chi connectivity index (χ0n) is 24.0. The van der Waals surface area contributed by atoms with Crippen LogP contribution in [0.3, 0.4) is 0 Å². The van der Waals surface area contributed by atoms with Crippen molar-refractivity contribution in [2.45, 2.75) is 81.7 Å². The summed E-state index contributed by atoms with van der Waals surface area (Å²) < 4.78 is 28.4. The number of phenolic OH excluding ortho intramolecular Hbond substituents is 3. The smallest absolute Gasteiger partial charge is 0.331 e. The van der Waals surface area contributed by atoms with E-state index in [1.807, 2.05) is 0 Å². The van der Waals surface area contributed by atoms with Gasteiger partial charge >= 0.3 is 5.97 Å². The number of hydrogen-bond acceptors (Lipinski definition) is 14. The second-order valence-corrected chi connectivity index (χ2v) is 10.7. The molecule has 10 atom stereocenters. The van der Waals surface area contributed by atoms with Crippen LogP contribution in [0, 0.1) is 6.92 Å². The second-order valence-electron chi connectivity index (χ2n) is 10.7. The first-order valence-electron chi connectivity index (χ1n) is 14.0. The quantitative estimate of drug-likeness (QED) is 0.0958. The normalized spacial score (nSPS) is 32.5. The average molecular weight is 623 g/mol. The van der Waals surface area contributed by atoms with Crippen molar-refractivity contribution in [1.82, 2.24) is 0 Å². The lowest BCUT2D eigenvalue weighted by atomic mass is 9.97. The van der Waals surface area contributed by atoms with E-state index in [2.05, 4.69) is 0 Å². The van der Waals surface area contributed by atoms with Crippen LogP contribution >= 0.6 is 0 Å². The molecule has 14 nitrogen and oxygen atoms in total. The molecule has 0 bridgehead atoms. The number of ether oxygens (including phenoxy) is 5. The highest BCUT2D eigenvalue weighted by Gasteiger charge is 2.52. The predicted octanol–water partition coefficient (Wildman–Crippen LogP) is -0.413. The van der Waals surface area contributed by atoms with Crippen LogP contribution in [0.1, 0.15) is 23.6 Å². The lowest BCUT2D eigenvalue weighted by molar-refractivity contribution is -0.357. The van der Waals surface area contributed by atoms with Gasteiger partial charge in [0, 0.05) is 6.08 Å². The van der Waals surface area contributed by atoms with Crippen LogP contribution in [0.2, 0.25) is 0 Å². The standard InChI is InChI=1S/C30H38O14/c1-14-11-17(3-6-18(14)32)9-10-40-29-26(39)28(44-30-25(38)24(37)23(36)15(2)41-30)27(21(13-31)42-29)43-22(35)8-5-16-4-7-19(33)20(34)12-16/h3-8,11-12,15,21,23-34,36-39H,9-10,13H2,1-2H3/b8-5+/t15-,21+,23-,24+,25+,26+,27+,28+,29+,30-/m0/s1. The number of aliphatic hydroxyl groups excluding tert-OH is 5. The van der Waals surface area contributed by atoms with Crippen molar-refractivity contribution < 1.29 is 69.3 Å². The van der Waals surface area contributed by atoms with Crippen LogP contribution in [0.4, 0.5) is 0 Å². The Morgan fingerprint density at radius 2 is 1.59 bits per heavy atom. The molecule has 0 saturated carbocycles. The van der Waals surface area contributed by atoms with Gasteiger partial charge in [-0.15, -0.1) is 0 Å². The predicted molar refractivity (Wildman–Crippen MR) is 150 cm³/mol. The number of phenols is 3. The number of esters is 1. The van der Waals surface area contributed by atoms with E-state index >= 15 is 0 Å². The monoisotopic (exact) mass is 622 g/mol. The Labute approximate surface area is 252 Å². The van der Waals surface area contributed by atoms with Crippen LogP contribution < -0.4 is 0 Å². The summed E-state index contributed by atoms with van der Waals surface area (Å²) in [6, 6.07) is 8.88. The van der Waals surface area contributed by atoms with Gasteiger partial charge in [-0.1, -0.05) is 18.2 Å². The lowest BCUT2D eigenvalue weighted by Crippen LogP contribution is -2.65. The van der Waals surface area contributed by atoms with Gasteiger partial charge in [0.15, 0.2) is 30.2 Å². The number of rotatable bonds is 10. The van der Waals surface area contributed by atoms with E-state index in [-0.39, 0.29) is 18.1 Å². The van der Waals surface area contributed by atoms with E-state index in [1.54, 1.807) is 25.1 Å². The van der Waals surface area contributed by atoms with Crippen molar-refractivity contribution in [3.8, 4) is 17.2 Å². The van der Waals surface area contributed by atoms with Crippen LogP contribution in [-0.2, 0) is 34.9 Å². The largest absolute Gasteiger partial charge is 0.508 e. The Morgan fingerprint density at radius 3 is 2.27 bits per heavy atom. The summed E-state index contributed by atoms with van der Waals surface area (Å²) in [5.74, 6) is -1.57. The average Bonchev–Trinajstić information content (AvgIpc) is 2.99. The van der Waals surface area contributed by atoms with E-state index in [4.69, 9.17) is 23.7 Å². The van der Waals surface area contributed by atoms with Crippen molar-refractivity contribution in [1.29, 1.82) is 0 Å². The highest BCUT2D eigenvalue weighted by molar-refractivity contribution is 5.87. The molecule has 0 unspecified atom stereocenters. The molecule has 2 saturated heterocycles. The van der Waals surface area contributed by atoms with Crippen LogP contribution in [0.25, 0.3) is 6.08 Å². The first kappa shape index (κ1) is 33.6. The van der Waals surface area contributed by atoms with Crippen molar-refractivity contribution in [3.05, 3.63) is 59.2 Å². The fourth-order valence-corrected chi connectivity index (χ4v) is 4.91. The molecule has 0 aromatic heterocycles. The molecular weight excluding hydrogens is 584 g/mol. The zero-order chi connectivity index (χ0) is 32.1. The minimum Gasteiger partial charge on any atom is -0.508 e. The number of hydrogen-bond donors (Lipinski definition) is 8. The number of benzene rings is 2. The van der Waals surface area contributed by atoms with Crippen molar-refractivity contribution in [2.24, 2.45) is 0 Å². The maximum atomic E-state index is 12.8. The number of aromatic hydroxyl groups is 3. The summed E-state index contributed by atoms with van der Waals surface area (Å²) >= 11 is 0. The summed E-state index contributed by atoms with van der Waals surface area (Å²) in [6.45, 7) is 2.51.